The van der Waals surface area contributed by atoms with Gasteiger partial charge in [-0.15, -0.1) is 0 Å². The lowest BCUT2D eigenvalue weighted by Gasteiger charge is -1.94. The van der Waals surface area contributed by atoms with Crippen LogP contribution in [0.5, 0.6) is 0 Å². The summed E-state index contributed by atoms with van der Waals surface area (Å²) in [5.74, 6) is 0.112. The molecule has 0 bridgehead atoms. The van der Waals surface area contributed by atoms with E-state index in [1.807, 2.05) is 0 Å². The third-order valence-corrected chi connectivity index (χ3v) is 0.988. The molecular weight excluding hydrogens is 128 g/mol. The van der Waals surface area contributed by atoms with Crippen molar-refractivity contribution in [1.29, 1.82) is 5.41 Å². The molecule has 1 heterocycles. The van der Waals surface area contributed by atoms with Gasteiger partial charge in [0.05, 0.1) is 11.5 Å². The molecule has 0 aromatic carbocycles. The van der Waals surface area contributed by atoms with E-state index >= 15 is 0 Å². The van der Waals surface area contributed by atoms with Gasteiger partial charge in [-0.2, -0.15) is 0 Å². The molecular formula is C6H8N4. The summed E-state index contributed by atoms with van der Waals surface area (Å²) < 4.78 is 0. The first-order valence-electron chi connectivity index (χ1n) is 2.87. The largest absolute Gasteiger partial charge is 0.387 e. The Hall–Kier alpha value is -1.45. The quantitative estimate of drug-likeness (QED) is 0.442. The minimum Gasteiger partial charge on any atom is -0.387 e. The van der Waals surface area contributed by atoms with Gasteiger partial charge in [0.15, 0.2) is 0 Å². The summed E-state index contributed by atoms with van der Waals surface area (Å²) >= 11 is 0. The van der Waals surface area contributed by atoms with E-state index < -0.39 is 0 Å². The summed E-state index contributed by atoms with van der Waals surface area (Å²) in [6.45, 7) is 0. The van der Waals surface area contributed by atoms with Crippen LogP contribution < -0.4 is 5.73 Å². The zero-order valence-corrected chi connectivity index (χ0v) is 5.41. The summed E-state index contributed by atoms with van der Waals surface area (Å²) in [5, 5.41) is 6.94. The molecule has 0 radical (unpaired) electrons. The summed E-state index contributed by atoms with van der Waals surface area (Å²) in [6, 6.07) is 0. The van der Waals surface area contributed by atoms with Crippen molar-refractivity contribution < 1.29 is 0 Å². The number of hydrogen-bond acceptors (Lipinski definition) is 3. The lowest BCUT2D eigenvalue weighted by Crippen LogP contribution is -2.13. The molecule has 0 spiro atoms. The van der Waals surface area contributed by atoms with E-state index in [1.54, 1.807) is 18.6 Å². The first kappa shape index (κ1) is 6.67. The molecule has 0 saturated carbocycles. The number of nitrogens with zero attached hydrogens (tertiary/aromatic N) is 2. The van der Waals surface area contributed by atoms with Crippen LogP contribution in [0.2, 0.25) is 0 Å². The molecule has 0 unspecified atom stereocenters. The van der Waals surface area contributed by atoms with Crippen molar-refractivity contribution in [3.05, 3.63) is 24.3 Å². The minimum absolute atomic E-state index is 0.112. The molecule has 1 aromatic heterocycles. The van der Waals surface area contributed by atoms with Gasteiger partial charge in [-0.05, 0) is 0 Å². The standard InChI is InChI=1S/C6H8N4/c7-6(8)3-5-4-9-1-2-10-5/h1-2,4H,3H2,(H3,7,8). The van der Waals surface area contributed by atoms with Gasteiger partial charge in [-0.3, -0.25) is 15.4 Å². The van der Waals surface area contributed by atoms with Crippen LogP contribution in [0, 0.1) is 5.41 Å². The Balaban J connectivity index is 2.67. The highest BCUT2D eigenvalue weighted by Gasteiger charge is 1.93. The molecule has 0 saturated heterocycles. The van der Waals surface area contributed by atoms with E-state index in [9.17, 15) is 0 Å². The fraction of sp³-hybridized carbons (Fsp3) is 0.167. The third-order valence-electron chi connectivity index (χ3n) is 0.988. The fourth-order valence-corrected chi connectivity index (χ4v) is 0.616. The zero-order chi connectivity index (χ0) is 7.40. The van der Waals surface area contributed by atoms with Crippen LogP contribution in [0.15, 0.2) is 18.6 Å². The lowest BCUT2D eigenvalue weighted by molar-refractivity contribution is 1.06. The normalized spacial score (nSPS) is 9.20. The molecule has 0 aliphatic carbocycles. The van der Waals surface area contributed by atoms with E-state index in [-0.39, 0.29) is 5.84 Å². The molecule has 0 aliphatic heterocycles. The minimum atomic E-state index is 0.112. The number of hydrogen-bond donors (Lipinski definition) is 2. The molecule has 1 rings (SSSR count). The predicted molar refractivity (Wildman–Crippen MR) is 37.7 cm³/mol. The average molecular weight is 136 g/mol. The van der Waals surface area contributed by atoms with Crippen LogP contribution in [0.25, 0.3) is 0 Å². The van der Waals surface area contributed by atoms with Crippen molar-refractivity contribution in [3.8, 4) is 0 Å². The second-order valence-electron chi connectivity index (χ2n) is 1.90. The molecule has 0 aliphatic rings. The number of amidine groups is 1. The number of rotatable bonds is 2. The van der Waals surface area contributed by atoms with Crippen molar-refractivity contribution in [2.45, 2.75) is 6.42 Å². The average Bonchev–Trinajstić information content (AvgIpc) is 1.88. The van der Waals surface area contributed by atoms with E-state index in [0.717, 1.165) is 5.69 Å². The van der Waals surface area contributed by atoms with Gasteiger partial charge in [-0.25, -0.2) is 0 Å². The summed E-state index contributed by atoms with van der Waals surface area (Å²) in [4.78, 5) is 7.76. The van der Waals surface area contributed by atoms with Crippen LogP contribution in [-0.2, 0) is 6.42 Å². The van der Waals surface area contributed by atoms with Gasteiger partial charge in [0, 0.05) is 25.0 Å². The maximum Gasteiger partial charge on any atom is 0.0966 e. The summed E-state index contributed by atoms with van der Waals surface area (Å²) in [6.07, 6.45) is 5.15. The highest BCUT2D eigenvalue weighted by Crippen LogP contribution is 1.89. The van der Waals surface area contributed by atoms with Crippen molar-refractivity contribution in [1.82, 2.24) is 9.97 Å². The molecule has 0 fully saturated rings. The summed E-state index contributed by atoms with van der Waals surface area (Å²) in [5.41, 5.74) is 5.87. The molecule has 4 heteroatoms. The molecule has 1 aromatic rings. The van der Waals surface area contributed by atoms with E-state index in [4.69, 9.17) is 11.1 Å². The topological polar surface area (TPSA) is 75.7 Å². The lowest BCUT2D eigenvalue weighted by atomic mass is 10.3. The molecule has 3 N–H and O–H groups in total. The zero-order valence-electron chi connectivity index (χ0n) is 5.41. The van der Waals surface area contributed by atoms with Gasteiger partial charge < -0.3 is 5.73 Å². The maximum absolute atomic E-state index is 6.94. The Bertz CT molecular complexity index is 218. The van der Waals surface area contributed by atoms with Crippen molar-refractivity contribution >= 4 is 5.84 Å². The van der Waals surface area contributed by atoms with Crippen molar-refractivity contribution in [2.24, 2.45) is 5.73 Å². The first-order chi connectivity index (χ1) is 4.79. The number of nitrogens with two attached hydrogens (primary N) is 1. The van der Waals surface area contributed by atoms with E-state index in [0.29, 0.717) is 6.42 Å². The molecule has 10 heavy (non-hydrogen) atoms. The van der Waals surface area contributed by atoms with Gasteiger partial charge in [0.2, 0.25) is 0 Å². The maximum atomic E-state index is 6.94. The molecule has 0 atom stereocenters. The Kier molecular flexibility index (Phi) is 1.94. The van der Waals surface area contributed by atoms with Gasteiger partial charge in [0.1, 0.15) is 0 Å². The third kappa shape index (κ3) is 1.81. The number of nitrogens with one attached hydrogen (secondary N) is 1. The Morgan fingerprint density at radius 2 is 2.40 bits per heavy atom. The smallest absolute Gasteiger partial charge is 0.0966 e. The van der Waals surface area contributed by atoms with Gasteiger partial charge >= 0.3 is 0 Å². The summed E-state index contributed by atoms with van der Waals surface area (Å²) in [7, 11) is 0. The van der Waals surface area contributed by atoms with Gasteiger partial charge in [0.25, 0.3) is 0 Å². The van der Waals surface area contributed by atoms with Crippen LogP contribution in [0.3, 0.4) is 0 Å². The van der Waals surface area contributed by atoms with Crippen molar-refractivity contribution in [3.63, 3.8) is 0 Å². The first-order valence-corrected chi connectivity index (χ1v) is 2.87. The fourth-order valence-electron chi connectivity index (χ4n) is 0.616. The van der Waals surface area contributed by atoms with Crippen LogP contribution in [-0.4, -0.2) is 15.8 Å². The SMILES string of the molecule is N=C(N)Cc1cnccn1. The second-order valence-corrected chi connectivity index (χ2v) is 1.90. The molecule has 4 nitrogen and oxygen atoms in total. The second kappa shape index (κ2) is 2.91. The van der Waals surface area contributed by atoms with Crippen LogP contribution in [0.1, 0.15) is 5.69 Å². The van der Waals surface area contributed by atoms with E-state index in [1.165, 1.54) is 0 Å². The van der Waals surface area contributed by atoms with Crippen LogP contribution >= 0.6 is 0 Å². The Morgan fingerprint density at radius 3 is 2.90 bits per heavy atom. The highest BCUT2D eigenvalue weighted by molar-refractivity contribution is 5.78. The Morgan fingerprint density at radius 1 is 1.60 bits per heavy atom. The highest BCUT2D eigenvalue weighted by atomic mass is 14.8. The molecule has 52 valence electrons. The van der Waals surface area contributed by atoms with Gasteiger partial charge in [-0.1, -0.05) is 0 Å². The Labute approximate surface area is 58.6 Å². The van der Waals surface area contributed by atoms with E-state index in [2.05, 4.69) is 9.97 Å². The predicted octanol–water partition coefficient (Wildman–Crippen LogP) is -0.0449. The monoisotopic (exact) mass is 136 g/mol. The van der Waals surface area contributed by atoms with Crippen LogP contribution in [0.4, 0.5) is 0 Å². The molecule has 0 amide bonds. The number of aromatic nitrogens is 2. The van der Waals surface area contributed by atoms with Crippen molar-refractivity contribution in [2.75, 3.05) is 0 Å².